The maximum atomic E-state index is 14.9. The van der Waals surface area contributed by atoms with Crippen LogP contribution in [0.15, 0.2) is 30.3 Å². The first-order valence-corrected chi connectivity index (χ1v) is 11.0. The number of fused-ring (bicyclic) bond motifs is 3. The first-order valence-electron chi connectivity index (χ1n) is 11.0. The number of ether oxygens (including phenoxy) is 1. The minimum Gasteiger partial charge on any atom is -0.425 e. The molecule has 0 spiro atoms. The number of unbranched alkanes of at least 4 members (excludes halogenated alkanes) is 1. The molecule has 1 heterocycles. The topological polar surface area (TPSA) is 9.23 Å². The van der Waals surface area contributed by atoms with Crippen molar-refractivity contribution in [3.8, 4) is 16.9 Å². The number of alkyl halides is 2. The molecule has 0 unspecified atom stereocenters. The van der Waals surface area contributed by atoms with Crippen LogP contribution >= 0.6 is 0 Å². The van der Waals surface area contributed by atoms with Crippen molar-refractivity contribution in [3.05, 3.63) is 52.8 Å². The summed E-state index contributed by atoms with van der Waals surface area (Å²) >= 11 is 0. The zero-order valence-electron chi connectivity index (χ0n) is 17.2. The SMILES string of the molecule is CCCCc1ccc2c(c1F)OC(F)(F)c1cc(C3CCC(CC)CC3)ccc1-2. The highest BCUT2D eigenvalue weighted by Gasteiger charge is 2.43. The van der Waals surface area contributed by atoms with E-state index < -0.39 is 11.9 Å². The van der Waals surface area contributed by atoms with Crippen LogP contribution in [0.4, 0.5) is 13.2 Å². The highest BCUT2D eigenvalue weighted by atomic mass is 19.3. The molecule has 0 saturated heterocycles. The Morgan fingerprint density at radius 2 is 1.72 bits per heavy atom. The zero-order valence-corrected chi connectivity index (χ0v) is 17.2. The van der Waals surface area contributed by atoms with Crippen molar-refractivity contribution in [2.24, 2.45) is 5.92 Å². The summed E-state index contributed by atoms with van der Waals surface area (Å²) in [5.41, 5.74) is 2.05. The molecular formula is C25H29F3O. The van der Waals surface area contributed by atoms with Crippen molar-refractivity contribution >= 4 is 0 Å². The van der Waals surface area contributed by atoms with E-state index in [1.54, 1.807) is 24.3 Å². The van der Waals surface area contributed by atoms with Gasteiger partial charge in [-0.25, -0.2) is 4.39 Å². The summed E-state index contributed by atoms with van der Waals surface area (Å²) in [4.78, 5) is 0. The van der Waals surface area contributed by atoms with Gasteiger partial charge in [-0.05, 0) is 73.1 Å². The van der Waals surface area contributed by atoms with E-state index >= 15 is 0 Å². The van der Waals surface area contributed by atoms with Gasteiger partial charge in [-0.3, -0.25) is 0 Å². The average Bonchev–Trinajstić information content (AvgIpc) is 2.73. The fourth-order valence-electron chi connectivity index (χ4n) is 4.85. The second kappa shape index (κ2) is 8.04. The molecule has 1 saturated carbocycles. The fourth-order valence-corrected chi connectivity index (χ4v) is 4.85. The lowest BCUT2D eigenvalue weighted by Crippen LogP contribution is -2.28. The Kier molecular flexibility index (Phi) is 5.63. The summed E-state index contributed by atoms with van der Waals surface area (Å²) in [5, 5.41) is 0. The predicted molar refractivity (Wildman–Crippen MR) is 110 cm³/mol. The Labute approximate surface area is 171 Å². The van der Waals surface area contributed by atoms with Crippen LogP contribution in [0, 0.1) is 11.7 Å². The van der Waals surface area contributed by atoms with Crippen molar-refractivity contribution in [1.82, 2.24) is 0 Å². The van der Waals surface area contributed by atoms with Crippen LogP contribution < -0.4 is 4.74 Å². The largest absolute Gasteiger partial charge is 0.427 e. The summed E-state index contributed by atoms with van der Waals surface area (Å²) in [6, 6.07) is 8.71. The molecule has 0 radical (unpaired) electrons. The van der Waals surface area contributed by atoms with Gasteiger partial charge in [0.05, 0.1) is 5.56 Å². The number of hydrogen-bond donors (Lipinski definition) is 0. The monoisotopic (exact) mass is 402 g/mol. The summed E-state index contributed by atoms with van der Waals surface area (Å²) in [5.74, 6) is 0.106. The van der Waals surface area contributed by atoms with E-state index in [0.717, 1.165) is 50.0 Å². The van der Waals surface area contributed by atoms with Crippen LogP contribution in [0.1, 0.15) is 81.4 Å². The highest BCUT2D eigenvalue weighted by Crippen LogP contribution is 2.50. The lowest BCUT2D eigenvalue weighted by Gasteiger charge is -2.31. The number of hydrogen-bond acceptors (Lipinski definition) is 1. The van der Waals surface area contributed by atoms with Gasteiger partial charge >= 0.3 is 6.11 Å². The molecule has 0 amide bonds. The molecule has 0 N–H and O–H groups in total. The Balaban J connectivity index is 1.69. The molecule has 0 bridgehead atoms. The van der Waals surface area contributed by atoms with Crippen molar-refractivity contribution < 1.29 is 17.9 Å². The molecule has 4 heteroatoms. The van der Waals surface area contributed by atoms with Gasteiger partial charge in [0.25, 0.3) is 0 Å². The molecule has 4 rings (SSSR count). The molecule has 1 aliphatic heterocycles. The first-order chi connectivity index (χ1) is 13.9. The number of aryl methyl sites for hydroxylation is 1. The normalized spacial score (nSPS) is 22.5. The zero-order chi connectivity index (χ0) is 20.6. The summed E-state index contributed by atoms with van der Waals surface area (Å²) in [6.07, 6.45) is 4.29. The van der Waals surface area contributed by atoms with Gasteiger partial charge in [-0.1, -0.05) is 51.0 Å². The van der Waals surface area contributed by atoms with Crippen molar-refractivity contribution in [1.29, 1.82) is 0 Å². The van der Waals surface area contributed by atoms with E-state index in [0.29, 0.717) is 29.0 Å². The van der Waals surface area contributed by atoms with Crippen LogP contribution in [0.25, 0.3) is 11.1 Å². The highest BCUT2D eigenvalue weighted by molar-refractivity contribution is 5.77. The third-order valence-electron chi connectivity index (χ3n) is 6.75. The predicted octanol–water partition coefficient (Wildman–Crippen LogP) is 7.96. The second-order valence-electron chi connectivity index (χ2n) is 8.57. The molecule has 1 aliphatic carbocycles. The van der Waals surface area contributed by atoms with Gasteiger partial charge in [-0.2, -0.15) is 8.78 Å². The average molecular weight is 403 g/mol. The van der Waals surface area contributed by atoms with Gasteiger partial charge in [0.1, 0.15) is 0 Å². The summed E-state index contributed by atoms with van der Waals surface area (Å²) < 4.78 is 49.7. The van der Waals surface area contributed by atoms with Gasteiger partial charge in [0.2, 0.25) is 0 Å². The second-order valence-corrected chi connectivity index (χ2v) is 8.57. The van der Waals surface area contributed by atoms with Gasteiger partial charge in [0.15, 0.2) is 11.6 Å². The maximum absolute atomic E-state index is 14.9. The van der Waals surface area contributed by atoms with Crippen LogP contribution in [0.3, 0.4) is 0 Å². The van der Waals surface area contributed by atoms with E-state index in [1.165, 1.54) is 6.42 Å². The quantitative estimate of drug-likeness (QED) is 0.493. The number of benzene rings is 2. The van der Waals surface area contributed by atoms with Crippen molar-refractivity contribution in [3.63, 3.8) is 0 Å². The molecule has 0 atom stereocenters. The van der Waals surface area contributed by atoms with E-state index in [9.17, 15) is 13.2 Å². The molecule has 2 aliphatic rings. The number of rotatable bonds is 5. The lowest BCUT2D eigenvalue weighted by atomic mass is 9.77. The minimum absolute atomic E-state index is 0.138. The van der Waals surface area contributed by atoms with Crippen molar-refractivity contribution in [2.75, 3.05) is 0 Å². The Morgan fingerprint density at radius 1 is 1.00 bits per heavy atom. The Bertz CT molecular complexity index is 882. The minimum atomic E-state index is -3.52. The molecule has 1 fully saturated rings. The third-order valence-corrected chi connectivity index (χ3v) is 6.75. The van der Waals surface area contributed by atoms with Crippen LogP contribution in [0.5, 0.6) is 5.75 Å². The maximum Gasteiger partial charge on any atom is 0.427 e. The molecule has 2 aromatic carbocycles. The van der Waals surface area contributed by atoms with Gasteiger partial charge < -0.3 is 4.74 Å². The molecular weight excluding hydrogens is 373 g/mol. The molecule has 156 valence electrons. The van der Waals surface area contributed by atoms with E-state index in [2.05, 4.69) is 6.92 Å². The molecule has 2 aromatic rings. The van der Waals surface area contributed by atoms with Gasteiger partial charge in [-0.15, -0.1) is 0 Å². The lowest BCUT2D eigenvalue weighted by molar-refractivity contribution is -0.188. The molecule has 1 nitrogen and oxygen atoms in total. The molecule has 29 heavy (non-hydrogen) atoms. The van der Waals surface area contributed by atoms with Gasteiger partial charge in [0, 0.05) is 5.56 Å². The Hall–Kier alpha value is -1.97. The Morgan fingerprint density at radius 3 is 2.41 bits per heavy atom. The van der Waals surface area contributed by atoms with Crippen molar-refractivity contribution in [2.45, 2.75) is 77.2 Å². The third kappa shape index (κ3) is 3.78. The summed E-state index contributed by atoms with van der Waals surface area (Å²) in [6.45, 7) is 4.23. The number of halogens is 3. The first kappa shape index (κ1) is 20.3. The van der Waals surface area contributed by atoms with Crippen LogP contribution in [-0.4, -0.2) is 0 Å². The van der Waals surface area contributed by atoms with Crippen LogP contribution in [-0.2, 0) is 12.5 Å². The van der Waals surface area contributed by atoms with E-state index in [1.807, 2.05) is 13.0 Å². The smallest absolute Gasteiger partial charge is 0.425 e. The standard InChI is InChI=1S/C25H29F3O/c1-3-5-6-18-11-14-21-20-13-12-19(17-9-7-16(4-2)8-10-17)15-22(20)25(27,28)29-24(21)23(18)26/h11-17H,3-10H2,1-2H3. The summed E-state index contributed by atoms with van der Waals surface area (Å²) in [7, 11) is 0. The van der Waals surface area contributed by atoms with E-state index in [4.69, 9.17) is 4.74 Å². The van der Waals surface area contributed by atoms with Crippen LogP contribution in [0.2, 0.25) is 0 Å². The molecule has 0 aromatic heterocycles. The van der Waals surface area contributed by atoms with E-state index in [-0.39, 0.29) is 11.3 Å². The fraction of sp³-hybridized carbons (Fsp3) is 0.520.